The van der Waals surface area contributed by atoms with Crippen LogP contribution in [0.1, 0.15) is 77.7 Å². The molecule has 1 aromatic rings. The van der Waals surface area contributed by atoms with Gasteiger partial charge in [-0.05, 0) is 79.5 Å². The van der Waals surface area contributed by atoms with Gasteiger partial charge in [-0.15, -0.1) is 0 Å². The normalized spacial score (nSPS) is 23.5. The molecule has 0 spiro atoms. The standard InChI is InChI=1S/C28H44N4/c1-22(2)21-30-15-17-32(18-16-30)27-6-5-25(31-13-9-23(20-29)10-14-31)19-26(27)24-7-11-28(3,4)12-8-24/h5-6,19,22-24H,7-18,21H2,1-4H3. The van der Waals surface area contributed by atoms with Crippen LogP contribution in [0.15, 0.2) is 18.2 Å². The number of nitrogens with zero attached hydrogens (tertiary/aromatic N) is 4. The summed E-state index contributed by atoms with van der Waals surface area (Å²) >= 11 is 0. The van der Waals surface area contributed by atoms with Crippen molar-refractivity contribution in [3.05, 3.63) is 23.8 Å². The molecule has 0 atom stereocenters. The third kappa shape index (κ3) is 5.60. The molecule has 0 amide bonds. The Balaban J connectivity index is 1.54. The van der Waals surface area contributed by atoms with E-state index in [1.165, 1.54) is 56.7 Å². The number of anilines is 2. The lowest BCUT2D eigenvalue weighted by molar-refractivity contribution is 0.222. The van der Waals surface area contributed by atoms with Gasteiger partial charge in [0, 0.05) is 63.1 Å². The molecular weight excluding hydrogens is 392 g/mol. The maximum atomic E-state index is 9.27. The Bertz CT molecular complexity index is 782. The maximum Gasteiger partial charge on any atom is 0.0657 e. The molecule has 2 saturated heterocycles. The minimum atomic E-state index is 0.243. The average molecular weight is 437 g/mol. The van der Waals surface area contributed by atoms with Crippen molar-refractivity contribution in [3.63, 3.8) is 0 Å². The highest BCUT2D eigenvalue weighted by Gasteiger charge is 2.31. The van der Waals surface area contributed by atoms with Crippen LogP contribution in [0, 0.1) is 28.6 Å². The van der Waals surface area contributed by atoms with E-state index in [0.717, 1.165) is 44.9 Å². The predicted molar refractivity (Wildman–Crippen MR) is 135 cm³/mol. The van der Waals surface area contributed by atoms with Crippen molar-refractivity contribution < 1.29 is 0 Å². The van der Waals surface area contributed by atoms with Gasteiger partial charge in [-0.3, -0.25) is 4.90 Å². The predicted octanol–water partition coefficient (Wildman–Crippen LogP) is 5.89. The van der Waals surface area contributed by atoms with Gasteiger partial charge in [-0.1, -0.05) is 27.7 Å². The summed E-state index contributed by atoms with van der Waals surface area (Å²) in [4.78, 5) is 7.82. The van der Waals surface area contributed by atoms with E-state index in [1.807, 2.05) is 0 Å². The minimum absolute atomic E-state index is 0.243. The second-order valence-electron chi connectivity index (χ2n) is 11.8. The molecule has 3 aliphatic rings. The highest BCUT2D eigenvalue weighted by molar-refractivity contribution is 5.63. The SMILES string of the molecule is CC(C)CN1CCN(c2ccc(N3CCC(C#N)CC3)cc2C2CCC(C)(C)CC2)CC1. The first kappa shape index (κ1) is 23.4. The summed E-state index contributed by atoms with van der Waals surface area (Å²) in [6.45, 7) is 17.4. The zero-order chi connectivity index (χ0) is 22.7. The molecule has 4 heteroatoms. The van der Waals surface area contributed by atoms with Gasteiger partial charge in [0.25, 0.3) is 0 Å². The van der Waals surface area contributed by atoms with Crippen molar-refractivity contribution in [1.29, 1.82) is 5.26 Å². The Morgan fingerprint density at radius 3 is 2.19 bits per heavy atom. The molecule has 1 saturated carbocycles. The number of benzene rings is 1. The molecule has 4 rings (SSSR count). The number of hydrogen-bond donors (Lipinski definition) is 0. The molecule has 0 unspecified atom stereocenters. The van der Waals surface area contributed by atoms with Gasteiger partial charge in [0.2, 0.25) is 0 Å². The van der Waals surface area contributed by atoms with Crippen molar-refractivity contribution in [3.8, 4) is 6.07 Å². The van der Waals surface area contributed by atoms with Crippen LogP contribution in [0.25, 0.3) is 0 Å². The lowest BCUT2D eigenvalue weighted by Gasteiger charge is -2.41. The molecule has 0 bridgehead atoms. The summed E-state index contributed by atoms with van der Waals surface area (Å²) < 4.78 is 0. The van der Waals surface area contributed by atoms with Crippen molar-refractivity contribution in [1.82, 2.24) is 4.90 Å². The van der Waals surface area contributed by atoms with Gasteiger partial charge < -0.3 is 9.80 Å². The van der Waals surface area contributed by atoms with Gasteiger partial charge >= 0.3 is 0 Å². The lowest BCUT2D eigenvalue weighted by Crippen LogP contribution is -2.47. The van der Waals surface area contributed by atoms with Gasteiger partial charge in [0.1, 0.15) is 0 Å². The molecule has 2 aliphatic heterocycles. The fraction of sp³-hybridized carbons (Fsp3) is 0.750. The fourth-order valence-corrected chi connectivity index (χ4v) is 6.02. The number of hydrogen-bond acceptors (Lipinski definition) is 4. The molecule has 3 fully saturated rings. The van der Waals surface area contributed by atoms with E-state index in [4.69, 9.17) is 0 Å². The van der Waals surface area contributed by atoms with E-state index in [-0.39, 0.29) is 5.92 Å². The summed E-state index contributed by atoms with van der Waals surface area (Å²) in [6, 6.07) is 9.80. The Morgan fingerprint density at radius 2 is 1.59 bits per heavy atom. The van der Waals surface area contributed by atoms with E-state index >= 15 is 0 Å². The monoisotopic (exact) mass is 436 g/mol. The number of nitriles is 1. The quantitative estimate of drug-likeness (QED) is 0.576. The maximum absolute atomic E-state index is 9.27. The fourth-order valence-electron chi connectivity index (χ4n) is 6.02. The van der Waals surface area contributed by atoms with Crippen LogP contribution < -0.4 is 9.80 Å². The van der Waals surface area contributed by atoms with Crippen molar-refractivity contribution >= 4 is 11.4 Å². The van der Waals surface area contributed by atoms with Crippen molar-refractivity contribution in [2.45, 2.75) is 72.1 Å². The molecule has 0 aromatic heterocycles. The van der Waals surface area contributed by atoms with Gasteiger partial charge in [0.15, 0.2) is 0 Å². The summed E-state index contributed by atoms with van der Waals surface area (Å²) in [6.07, 6.45) is 7.29. The molecule has 1 aliphatic carbocycles. The topological polar surface area (TPSA) is 33.5 Å². The zero-order valence-electron chi connectivity index (χ0n) is 20.9. The number of rotatable bonds is 5. The summed E-state index contributed by atoms with van der Waals surface area (Å²) in [5, 5.41) is 9.27. The summed E-state index contributed by atoms with van der Waals surface area (Å²) in [5.41, 5.74) is 4.96. The molecule has 0 N–H and O–H groups in total. The van der Waals surface area contributed by atoms with E-state index < -0.39 is 0 Å². The smallest absolute Gasteiger partial charge is 0.0657 e. The third-order valence-electron chi connectivity index (χ3n) is 8.17. The van der Waals surface area contributed by atoms with Gasteiger partial charge in [0.05, 0.1) is 6.07 Å². The Hall–Kier alpha value is -1.73. The van der Waals surface area contributed by atoms with Crippen LogP contribution in [-0.4, -0.2) is 50.7 Å². The highest BCUT2D eigenvalue weighted by Crippen LogP contribution is 2.46. The first-order valence-electron chi connectivity index (χ1n) is 13.1. The first-order valence-corrected chi connectivity index (χ1v) is 13.1. The second-order valence-corrected chi connectivity index (χ2v) is 11.8. The first-order chi connectivity index (χ1) is 15.3. The van der Waals surface area contributed by atoms with Gasteiger partial charge in [-0.25, -0.2) is 0 Å². The third-order valence-corrected chi connectivity index (χ3v) is 8.17. The minimum Gasteiger partial charge on any atom is -0.371 e. The lowest BCUT2D eigenvalue weighted by atomic mass is 9.71. The largest absolute Gasteiger partial charge is 0.371 e. The van der Waals surface area contributed by atoms with E-state index in [1.54, 1.807) is 5.56 Å². The molecule has 32 heavy (non-hydrogen) atoms. The zero-order valence-corrected chi connectivity index (χ0v) is 20.9. The molecule has 1 aromatic carbocycles. The summed E-state index contributed by atoms with van der Waals surface area (Å²) in [7, 11) is 0. The van der Waals surface area contributed by atoms with Gasteiger partial charge in [-0.2, -0.15) is 5.26 Å². The Morgan fingerprint density at radius 1 is 0.938 bits per heavy atom. The Kier molecular flexibility index (Phi) is 7.35. The van der Waals surface area contributed by atoms with Crippen LogP contribution in [0.4, 0.5) is 11.4 Å². The molecular formula is C28H44N4. The van der Waals surface area contributed by atoms with Crippen molar-refractivity contribution in [2.75, 3.05) is 55.6 Å². The van der Waals surface area contributed by atoms with Crippen LogP contribution in [-0.2, 0) is 0 Å². The molecule has 4 nitrogen and oxygen atoms in total. The highest BCUT2D eigenvalue weighted by atomic mass is 15.3. The average Bonchev–Trinajstić information content (AvgIpc) is 2.79. The van der Waals surface area contributed by atoms with Crippen LogP contribution >= 0.6 is 0 Å². The van der Waals surface area contributed by atoms with Crippen LogP contribution in [0.2, 0.25) is 0 Å². The van der Waals surface area contributed by atoms with Crippen LogP contribution in [0.3, 0.4) is 0 Å². The van der Waals surface area contributed by atoms with E-state index in [0.29, 0.717) is 11.3 Å². The number of piperidine rings is 1. The van der Waals surface area contributed by atoms with Crippen LogP contribution in [0.5, 0.6) is 0 Å². The Labute approximate surface area is 196 Å². The second kappa shape index (κ2) is 10.0. The molecule has 0 radical (unpaired) electrons. The molecule has 176 valence electrons. The summed E-state index contributed by atoms with van der Waals surface area (Å²) in [5.74, 6) is 1.67. The van der Waals surface area contributed by atoms with E-state index in [9.17, 15) is 5.26 Å². The van der Waals surface area contributed by atoms with E-state index in [2.05, 4.69) is 66.7 Å². The van der Waals surface area contributed by atoms with Crippen molar-refractivity contribution in [2.24, 2.45) is 17.3 Å². The number of piperazine rings is 1. The molecule has 2 heterocycles.